The minimum Gasteiger partial charge on any atom is -0.468 e. The lowest BCUT2D eigenvalue weighted by Gasteiger charge is -2.35. The molecule has 3 N–H and O–H groups in total. The molecule has 0 aliphatic carbocycles. The largest absolute Gasteiger partial charge is 0.468 e. The molecule has 6 heteroatoms. The van der Waals surface area contributed by atoms with E-state index in [1.54, 1.807) is 13.8 Å². The first-order valence-electron chi connectivity index (χ1n) is 7.34. The van der Waals surface area contributed by atoms with Gasteiger partial charge in [-0.05, 0) is 26.8 Å². The summed E-state index contributed by atoms with van der Waals surface area (Å²) in [7, 11) is 0. The molecule has 2 aliphatic rings. The Kier molecular flexibility index (Phi) is 3.26. The van der Waals surface area contributed by atoms with E-state index in [1.165, 1.54) is 0 Å². The van der Waals surface area contributed by atoms with E-state index >= 15 is 0 Å². The van der Waals surface area contributed by atoms with E-state index in [9.17, 15) is 5.11 Å². The van der Waals surface area contributed by atoms with Crippen LogP contribution in [0.5, 0.6) is 5.88 Å². The second-order valence-corrected chi connectivity index (χ2v) is 6.53. The lowest BCUT2D eigenvalue weighted by Crippen LogP contribution is -2.51. The van der Waals surface area contributed by atoms with E-state index in [4.69, 9.17) is 15.2 Å². The number of fused-ring (bicyclic) bond motifs is 1. The Hall–Kier alpha value is -1.53. The maximum Gasteiger partial charge on any atom is 0.219 e. The van der Waals surface area contributed by atoms with Crippen molar-refractivity contribution in [3.05, 3.63) is 11.6 Å². The van der Waals surface area contributed by atoms with Crippen molar-refractivity contribution in [1.29, 1.82) is 0 Å². The third-order valence-corrected chi connectivity index (χ3v) is 4.52. The van der Waals surface area contributed by atoms with Gasteiger partial charge in [0.05, 0.1) is 24.5 Å². The van der Waals surface area contributed by atoms with Gasteiger partial charge < -0.3 is 25.2 Å². The van der Waals surface area contributed by atoms with Crippen molar-refractivity contribution in [3.63, 3.8) is 0 Å². The smallest absolute Gasteiger partial charge is 0.219 e. The lowest BCUT2D eigenvalue weighted by atomic mass is 9.84. The van der Waals surface area contributed by atoms with Gasteiger partial charge in [0.15, 0.2) is 5.82 Å². The molecule has 1 atom stereocenters. The highest BCUT2D eigenvalue weighted by atomic mass is 16.5. The van der Waals surface area contributed by atoms with Gasteiger partial charge in [0, 0.05) is 25.1 Å². The first-order valence-corrected chi connectivity index (χ1v) is 7.34. The first kappa shape index (κ1) is 14.4. The molecule has 1 unspecified atom stereocenters. The molecule has 3 rings (SSSR count). The molecule has 0 spiro atoms. The molecule has 0 radical (unpaired) electrons. The molecule has 0 aromatic carbocycles. The van der Waals surface area contributed by atoms with Crippen LogP contribution in [0.25, 0.3) is 0 Å². The van der Waals surface area contributed by atoms with Crippen LogP contribution in [0.2, 0.25) is 0 Å². The van der Waals surface area contributed by atoms with E-state index in [0.29, 0.717) is 31.2 Å². The number of nitrogens with two attached hydrogens (primary N) is 1. The summed E-state index contributed by atoms with van der Waals surface area (Å²) in [5.74, 6) is 1.33. The van der Waals surface area contributed by atoms with Crippen molar-refractivity contribution >= 4 is 11.5 Å². The molecule has 6 nitrogen and oxygen atoms in total. The van der Waals surface area contributed by atoms with E-state index in [0.717, 1.165) is 24.5 Å². The summed E-state index contributed by atoms with van der Waals surface area (Å²) in [6.07, 6.45) is 0.604. The van der Waals surface area contributed by atoms with Gasteiger partial charge in [0.25, 0.3) is 0 Å². The number of morpholine rings is 1. The predicted octanol–water partition coefficient (Wildman–Crippen LogP) is 0.965. The Morgan fingerprint density at radius 3 is 2.67 bits per heavy atom. The minimum atomic E-state index is -0.957. The molecule has 21 heavy (non-hydrogen) atoms. The summed E-state index contributed by atoms with van der Waals surface area (Å²) >= 11 is 0. The fourth-order valence-corrected chi connectivity index (χ4v) is 2.74. The lowest BCUT2D eigenvalue weighted by molar-refractivity contribution is -0.0914. The van der Waals surface area contributed by atoms with Gasteiger partial charge in [-0.2, -0.15) is 4.98 Å². The Morgan fingerprint density at radius 1 is 1.38 bits per heavy atom. The summed E-state index contributed by atoms with van der Waals surface area (Å²) in [5, 5.41) is 10.3. The zero-order valence-electron chi connectivity index (χ0n) is 12.8. The molecule has 3 heterocycles. The zero-order chi connectivity index (χ0) is 15.3. The number of nitrogens with zero attached hydrogens (tertiary/aromatic N) is 2. The number of nitrogen functional groups attached to an aromatic ring is 1. The predicted molar refractivity (Wildman–Crippen MR) is 80.7 cm³/mol. The molecular formula is C15H23N3O3. The molecule has 1 aromatic heterocycles. The minimum absolute atomic E-state index is 0.579. The Bertz CT molecular complexity index is 550. The monoisotopic (exact) mass is 293 g/mol. The summed E-state index contributed by atoms with van der Waals surface area (Å²) in [6.45, 7) is 8.33. The molecule has 0 bridgehead atoms. The SMILES string of the molecule is CC(C)(O)C1(C)Cc2cc(N)c(N3CCOCC3)nc2O1. The standard InChI is InChI=1S/C15H23N3O3/c1-14(2,19)15(3)9-10-8-11(16)12(17-13(10)21-15)18-4-6-20-7-5-18/h8,19H,4-7,9,16H2,1-3H3. The number of anilines is 2. The van der Waals surface area contributed by atoms with Gasteiger partial charge in [-0.1, -0.05) is 0 Å². The molecule has 1 aromatic rings. The van der Waals surface area contributed by atoms with Crippen molar-refractivity contribution in [1.82, 2.24) is 4.98 Å². The number of hydrogen-bond acceptors (Lipinski definition) is 6. The average Bonchev–Trinajstić information content (AvgIpc) is 2.75. The van der Waals surface area contributed by atoms with Crippen molar-refractivity contribution in [2.75, 3.05) is 36.9 Å². The van der Waals surface area contributed by atoms with Crippen LogP contribution in [-0.4, -0.2) is 47.6 Å². The molecule has 1 saturated heterocycles. The average molecular weight is 293 g/mol. The summed E-state index contributed by atoms with van der Waals surface area (Å²) in [6, 6.07) is 1.92. The van der Waals surface area contributed by atoms with Gasteiger partial charge in [-0.3, -0.25) is 0 Å². The van der Waals surface area contributed by atoms with E-state index in [-0.39, 0.29) is 0 Å². The molecule has 116 valence electrons. The van der Waals surface area contributed by atoms with Crippen molar-refractivity contribution in [2.24, 2.45) is 0 Å². The summed E-state index contributed by atoms with van der Waals surface area (Å²) in [4.78, 5) is 6.71. The number of aliphatic hydroxyl groups is 1. The van der Waals surface area contributed by atoms with Crippen LogP contribution >= 0.6 is 0 Å². The highest BCUT2D eigenvalue weighted by Crippen LogP contribution is 2.42. The number of ether oxygens (including phenoxy) is 2. The van der Waals surface area contributed by atoms with Gasteiger partial charge in [-0.15, -0.1) is 0 Å². The van der Waals surface area contributed by atoms with Gasteiger partial charge in [-0.25, -0.2) is 0 Å². The maximum absolute atomic E-state index is 10.3. The summed E-state index contributed by atoms with van der Waals surface area (Å²) in [5.41, 5.74) is 6.13. The summed E-state index contributed by atoms with van der Waals surface area (Å²) < 4.78 is 11.3. The normalized spacial score (nSPS) is 25.6. The molecule has 1 fully saturated rings. The van der Waals surface area contributed by atoms with Gasteiger partial charge in [0.1, 0.15) is 5.60 Å². The highest BCUT2D eigenvalue weighted by molar-refractivity contribution is 5.66. The number of aromatic nitrogens is 1. The number of rotatable bonds is 2. The van der Waals surface area contributed by atoms with Crippen molar-refractivity contribution in [2.45, 2.75) is 38.4 Å². The van der Waals surface area contributed by atoms with E-state index in [2.05, 4.69) is 9.88 Å². The third-order valence-electron chi connectivity index (χ3n) is 4.52. The van der Waals surface area contributed by atoms with Crippen molar-refractivity contribution in [3.8, 4) is 5.88 Å². The second-order valence-electron chi connectivity index (χ2n) is 6.53. The second kappa shape index (κ2) is 4.74. The number of hydrogen-bond donors (Lipinski definition) is 2. The fourth-order valence-electron chi connectivity index (χ4n) is 2.74. The Balaban J connectivity index is 1.92. The van der Waals surface area contributed by atoms with Crippen LogP contribution in [0.15, 0.2) is 6.07 Å². The molecule has 0 amide bonds. The van der Waals surface area contributed by atoms with Crippen LogP contribution < -0.4 is 15.4 Å². The van der Waals surface area contributed by atoms with Gasteiger partial charge in [0.2, 0.25) is 5.88 Å². The molecule has 2 aliphatic heterocycles. The van der Waals surface area contributed by atoms with Crippen LogP contribution in [0.3, 0.4) is 0 Å². The van der Waals surface area contributed by atoms with Crippen LogP contribution in [0.4, 0.5) is 11.5 Å². The van der Waals surface area contributed by atoms with Crippen LogP contribution in [-0.2, 0) is 11.2 Å². The zero-order valence-corrected chi connectivity index (χ0v) is 12.8. The maximum atomic E-state index is 10.3. The topological polar surface area (TPSA) is 80.8 Å². The van der Waals surface area contributed by atoms with E-state index in [1.807, 2.05) is 13.0 Å². The Morgan fingerprint density at radius 2 is 2.05 bits per heavy atom. The van der Waals surface area contributed by atoms with E-state index < -0.39 is 11.2 Å². The van der Waals surface area contributed by atoms with Crippen LogP contribution in [0.1, 0.15) is 26.3 Å². The highest BCUT2D eigenvalue weighted by Gasteiger charge is 2.47. The van der Waals surface area contributed by atoms with Crippen molar-refractivity contribution < 1.29 is 14.6 Å². The Labute approximate surface area is 124 Å². The quantitative estimate of drug-likeness (QED) is 0.845. The van der Waals surface area contributed by atoms with Crippen LogP contribution in [0, 0.1) is 0 Å². The molecular weight excluding hydrogens is 270 g/mol. The third kappa shape index (κ3) is 2.42. The number of pyridine rings is 1. The van der Waals surface area contributed by atoms with Gasteiger partial charge >= 0.3 is 0 Å². The fraction of sp³-hybridized carbons (Fsp3) is 0.667. The molecule has 0 saturated carbocycles. The first-order chi connectivity index (χ1) is 9.80.